The van der Waals surface area contributed by atoms with Crippen LogP contribution in [0.3, 0.4) is 0 Å². The van der Waals surface area contributed by atoms with E-state index in [0.29, 0.717) is 28.8 Å². The van der Waals surface area contributed by atoms with Crippen LogP contribution in [0.25, 0.3) is 32.9 Å². The molecule has 8 heteroatoms. The third-order valence-corrected chi connectivity index (χ3v) is 6.65. The van der Waals surface area contributed by atoms with E-state index >= 15 is 0 Å². The summed E-state index contributed by atoms with van der Waals surface area (Å²) >= 11 is -2.23. The molecule has 0 aliphatic carbocycles. The minimum absolute atomic E-state index is 0.107. The summed E-state index contributed by atoms with van der Waals surface area (Å²) < 4.78 is 30.2. The van der Waals surface area contributed by atoms with Crippen LogP contribution in [-0.2, 0) is 23.4 Å². The molecule has 34 heavy (non-hydrogen) atoms. The standard InChI is InChI=1S/C26H23N3O4S/c1-15-24(16(2)33-28-15)19-11-21(26(27)30)25-20-10-18(14-34(31)32)8-9-22(20)29(23(25)12-19)13-17-6-4-3-5-7-17/h3-12H,13-14H2,1-2H3,(H2,27,30)(H,31,32)/p-1. The Bertz CT molecular complexity index is 1570. The summed E-state index contributed by atoms with van der Waals surface area (Å²) in [5.41, 5.74) is 12.0. The van der Waals surface area contributed by atoms with Gasteiger partial charge in [0.05, 0.1) is 11.2 Å². The van der Waals surface area contributed by atoms with Crippen molar-refractivity contribution in [2.75, 3.05) is 0 Å². The van der Waals surface area contributed by atoms with E-state index in [9.17, 15) is 13.6 Å². The quantitative estimate of drug-likeness (QED) is 0.363. The lowest BCUT2D eigenvalue weighted by molar-refractivity contribution is 0.100. The highest BCUT2D eigenvalue weighted by atomic mass is 32.2. The van der Waals surface area contributed by atoms with Gasteiger partial charge in [-0.1, -0.05) is 52.6 Å². The van der Waals surface area contributed by atoms with Gasteiger partial charge in [0.1, 0.15) is 5.76 Å². The minimum atomic E-state index is -2.23. The molecule has 2 heterocycles. The van der Waals surface area contributed by atoms with Crippen LogP contribution >= 0.6 is 0 Å². The first kappa shape index (κ1) is 22.1. The van der Waals surface area contributed by atoms with Crippen LogP contribution in [-0.4, -0.2) is 24.4 Å². The van der Waals surface area contributed by atoms with E-state index in [1.165, 1.54) is 0 Å². The largest absolute Gasteiger partial charge is 0.772 e. The number of hydrogen-bond acceptors (Lipinski definition) is 5. The molecule has 7 nitrogen and oxygen atoms in total. The van der Waals surface area contributed by atoms with Crippen molar-refractivity contribution >= 4 is 38.8 Å². The number of nitrogens with two attached hydrogens (primary N) is 1. The average Bonchev–Trinajstić information content (AvgIpc) is 3.29. The predicted molar refractivity (Wildman–Crippen MR) is 131 cm³/mol. The summed E-state index contributed by atoms with van der Waals surface area (Å²) in [5.74, 6) is -0.0157. The van der Waals surface area contributed by atoms with Crippen LogP contribution in [0.1, 0.15) is 32.9 Å². The Balaban J connectivity index is 1.87. The smallest absolute Gasteiger partial charge is 0.249 e. The molecular weight excluding hydrogens is 450 g/mol. The Hall–Kier alpha value is -3.75. The number of amides is 1. The second-order valence-electron chi connectivity index (χ2n) is 8.35. The van der Waals surface area contributed by atoms with Crippen molar-refractivity contribution in [1.82, 2.24) is 9.72 Å². The molecule has 0 aliphatic heterocycles. The van der Waals surface area contributed by atoms with Crippen LogP contribution in [0.2, 0.25) is 0 Å². The lowest BCUT2D eigenvalue weighted by Crippen LogP contribution is -2.12. The Kier molecular flexibility index (Phi) is 5.55. The topological polar surface area (TPSA) is 114 Å². The van der Waals surface area contributed by atoms with Gasteiger partial charge in [0.15, 0.2) is 0 Å². The number of carbonyl (C=O) groups is 1. The van der Waals surface area contributed by atoms with E-state index < -0.39 is 17.0 Å². The van der Waals surface area contributed by atoms with Gasteiger partial charge in [-0.15, -0.1) is 0 Å². The number of fused-ring (bicyclic) bond motifs is 3. The summed E-state index contributed by atoms with van der Waals surface area (Å²) in [6.45, 7) is 4.25. The normalized spacial score (nSPS) is 12.4. The average molecular weight is 473 g/mol. The highest BCUT2D eigenvalue weighted by Crippen LogP contribution is 2.38. The Labute approximate surface area is 198 Å². The number of carbonyl (C=O) groups excluding carboxylic acids is 1. The first-order valence-corrected chi connectivity index (χ1v) is 12.0. The van der Waals surface area contributed by atoms with E-state index in [1.54, 1.807) is 12.1 Å². The molecule has 3 aromatic carbocycles. The van der Waals surface area contributed by atoms with Crippen molar-refractivity contribution in [3.63, 3.8) is 0 Å². The summed E-state index contributed by atoms with van der Waals surface area (Å²) in [4.78, 5) is 12.7. The predicted octanol–water partition coefficient (Wildman–Crippen LogP) is 4.59. The molecule has 1 atom stereocenters. The zero-order valence-electron chi connectivity index (χ0n) is 18.7. The summed E-state index contributed by atoms with van der Waals surface area (Å²) in [5, 5.41) is 5.55. The maximum absolute atomic E-state index is 12.7. The fraction of sp³-hybridized carbons (Fsp3) is 0.154. The third kappa shape index (κ3) is 3.81. The van der Waals surface area contributed by atoms with Crippen molar-refractivity contribution in [3.8, 4) is 11.1 Å². The molecule has 0 fully saturated rings. The number of rotatable bonds is 6. The van der Waals surface area contributed by atoms with E-state index in [2.05, 4.69) is 9.72 Å². The fourth-order valence-corrected chi connectivity index (χ4v) is 5.12. The van der Waals surface area contributed by atoms with Gasteiger partial charge in [0.25, 0.3) is 0 Å². The Morgan fingerprint density at radius 2 is 1.82 bits per heavy atom. The second-order valence-corrected chi connectivity index (χ2v) is 9.25. The van der Waals surface area contributed by atoms with Gasteiger partial charge in [0.2, 0.25) is 5.91 Å². The first-order chi connectivity index (χ1) is 16.3. The van der Waals surface area contributed by atoms with Crippen LogP contribution in [0, 0.1) is 13.8 Å². The molecular formula is C26H22N3O4S-. The molecule has 5 aromatic rings. The van der Waals surface area contributed by atoms with Gasteiger partial charge in [0, 0.05) is 39.7 Å². The van der Waals surface area contributed by atoms with Crippen LogP contribution in [0.5, 0.6) is 0 Å². The zero-order valence-corrected chi connectivity index (χ0v) is 19.5. The molecule has 0 saturated carbocycles. The van der Waals surface area contributed by atoms with Gasteiger partial charge >= 0.3 is 0 Å². The molecule has 0 radical (unpaired) electrons. The molecule has 0 bridgehead atoms. The van der Waals surface area contributed by atoms with E-state index in [1.807, 2.05) is 62.4 Å². The molecule has 2 N–H and O–H groups in total. The van der Waals surface area contributed by atoms with Crippen LogP contribution < -0.4 is 5.73 Å². The molecule has 0 saturated heterocycles. The van der Waals surface area contributed by atoms with Gasteiger partial charge in [-0.2, -0.15) is 0 Å². The molecule has 0 aliphatic rings. The lowest BCUT2D eigenvalue weighted by atomic mass is 9.97. The number of primary amides is 1. The van der Waals surface area contributed by atoms with E-state index in [-0.39, 0.29) is 5.75 Å². The Morgan fingerprint density at radius 3 is 2.47 bits per heavy atom. The molecule has 0 spiro atoms. The molecule has 172 valence electrons. The lowest BCUT2D eigenvalue weighted by Gasteiger charge is -2.10. The summed E-state index contributed by atoms with van der Waals surface area (Å²) in [7, 11) is 0. The third-order valence-electron chi connectivity index (χ3n) is 6.08. The van der Waals surface area contributed by atoms with Gasteiger partial charge in [-0.3, -0.25) is 9.00 Å². The van der Waals surface area contributed by atoms with Gasteiger partial charge < -0.3 is 19.4 Å². The van der Waals surface area contributed by atoms with Crippen molar-refractivity contribution in [2.45, 2.75) is 26.1 Å². The summed E-state index contributed by atoms with van der Waals surface area (Å²) in [6, 6.07) is 19.3. The monoisotopic (exact) mass is 472 g/mol. The number of aryl methyl sites for hydroxylation is 2. The molecule has 5 rings (SSSR count). The number of hydrogen-bond donors (Lipinski definition) is 1. The highest BCUT2D eigenvalue weighted by Gasteiger charge is 2.21. The van der Waals surface area contributed by atoms with Crippen molar-refractivity contribution in [1.29, 1.82) is 0 Å². The van der Waals surface area contributed by atoms with Crippen LogP contribution in [0.4, 0.5) is 0 Å². The number of benzene rings is 3. The highest BCUT2D eigenvalue weighted by molar-refractivity contribution is 7.78. The molecule has 1 amide bonds. The van der Waals surface area contributed by atoms with Crippen molar-refractivity contribution < 1.29 is 18.1 Å². The number of aromatic nitrogens is 2. The zero-order chi connectivity index (χ0) is 24.0. The van der Waals surface area contributed by atoms with E-state index in [0.717, 1.165) is 38.8 Å². The SMILES string of the molecule is Cc1noc(C)c1-c1cc(C(N)=O)c2c3cc(CS(=O)[O-])ccc3n(Cc3ccccc3)c2c1. The maximum atomic E-state index is 12.7. The van der Waals surface area contributed by atoms with Crippen LogP contribution in [0.15, 0.2) is 65.2 Å². The van der Waals surface area contributed by atoms with Crippen molar-refractivity contribution in [3.05, 3.63) is 88.8 Å². The molecule has 1 unspecified atom stereocenters. The Morgan fingerprint density at radius 1 is 1.06 bits per heavy atom. The first-order valence-electron chi connectivity index (χ1n) is 10.7. The molecule has 2 aromatic heterocycles. The van der Waals surface area contributed by atoms with Gasteiger partial charge in [-0.25, -0.2) is 0 Å². The minimum Gasteiger partial charge on any atom is -0.772 e. The van der Waals surface area contributed by atoms with Gasteiger partial charge in [-0.05, 0) is 54.8 Å². The maximum Gasteiger partial charge on any atom is 0.249 e. The fourth-order valence-electron chi connectivity index (χ4n) is 4.67. The summed E-state index contributed by atoms with van der Waals surface area (Å²) in [6.07, 6.45) is 0. The second kappa shape index (κ2) is 8.55. The van der Waals surface area contributed by atoms with Crippen molar-refractivity contribution in [2.24, 2.45) is 5.73 Å². The van der Waals surface area contributed by atoms with E-state index in [4.69, 9.17) is 10.3 Å². The number of nitrogens with zero attached hydrogens (tertiary/aromatic N) is 2.